The maximum atomic E-state index is 13.1. The van der Waals surface area contributed by atoms with Gasteiger partial charge in [0.05, 0.1) is 17.9 Å². The first-order valence-electron chi connectivity index (χ1n) is 11.4. The summed E-state index contributed by atoms with van der Waals surface area (Å²) in [5, 5.41) is 3.08. The Morgan fingerprint density at radius 3 is 1.82 bits per heavy atom. The van der Waals surface area contributed by atoms with E-state index < -0.39 is 0 Å². The molecule has 0 atom stereocenters. The van der Waals surface area contributed by atoms with Crippen LogP contribution in [0.3, 0.4) is 0 Å². The van der Waals surface area contributed by atoms with E-state index in [1.807, 2.05) is 84.9 Å². The Kier molecular flexibility index (Phi) is 6.30. The predicted molar refractivity (Wildman–Crippen MR) is 137 cm³/mol. The number of hydrogen-bond acceptors (Lipinski definition) is 2. The standard InChI is InChI=1S/C30H25N3O/c34-29(26-19-11-4-12-20-26)32-30-31-27(21-23-13-5-1-6-14-23)28(25-17-9-3-10-18-25)33(30)22-24-15-7-2-8-16-24/h1-20H,21-22H2,(H,31,32,34). The van der Waals surface area contributed by atoms with E-state index in [9.17, 15) is 4.79 Å². The van der Waals surface area contributed by atoms with Crippen LogP contribution in [0.25, 0.3) is 11.3 Å². The molecule has 4 heteroatoms. The number of nitrogens with one attached hydrogen (secondary N) is 1. The average molecular weight is 444 g/mol. The van der Waals surface area contributed by atoms with Gasteiger partial charge >= 0.3 is 0 Å². The lowest BCUT2D eigenvalue weighted by Crippen LogP contribution is -2.16. The minimum absolute atomic E-state index is 0.175. The second-order valence-corrected chi connectivity index (χ2v) is 8.15. The van der Waals surface area contributed by atoms with Crippen molar-refractivity contribution in [3.63, 3.8) is 0 Å². The highest BCUT2D eigenvalue weighted by Crippen LogP contribution is 2.30. The first-order chi connectivity index (χ1) is 16.8. The Morgan fingerprint density at radius 1 is 0.676 bits per heavy atom. The molecule has 0 radical (unpaired) electrons. The number of rotatable bonds is 7. The molecule has 1 amide bonds. The number of imidazole rings is 1. The van der Waals surface area contributed by atoms with E-state index in [1.54, 1.807) is 0 Å². The third kappa shape index (κ3) is 4.81. The normalized spacial score (nSPS) is 10.7. The molecule has 0 fully saturated rings. The fourth-order valence-corrected chi connectivity index (χ4v) is 4.11. The van der Waals surface area contributed by atoms with E-state index in [0.29, 0.717) is 24.5 Å². The molecule has 1 N–H and O–H groups in total. The molecule has 4 nitrogen and oxygen atoms in total. The van der Waals surface area contributed by atoms with Crippen LogP contribution < -0.4 is 5.32 Å². The summed E-state index contributed by atoms with van der Waals surface area (Å²) in [6, 6.07) is 40.1. The molecular formula is C30H25N3O. The molecule has 0 saturated carbocycles. The summed E-state index contributed by atoms with van der Waals surface area (Å²) < 4.78 is 2.11. The van der Waals surface area contributed by atoms with Crippen molar-refractivity contribution in [3.05, 3.63) is 144 Å². The third-order valence-corrected chi connectivity index (χ3v) is 5.75. The van der Waals surface area contributed by atoms with E-state index in [4.69, 9.17) is 4.98 Å². The second-order valence-electron chi connectivity index (χ2n) is 8.15. The van der Waals surface area contributed by atoms with Gasteiger partial charge < -0.3 is 4.57 Å². The largest absolute Gasteiger partial charge is 0.305 e. The molecule has 166 valence electrons. The monoisotopic (exact) mass is 443 g/mol. The van der Waals surface area contributed by atoms with Crippen LogP contribution in [0.2, 0.25) is 0 Å². The highest BCUT2D eigenvalue weighted by Gasteiger charge is 2.21. The van der Waals surface area contributed by atoms with Crippen LogP contribution in [-0.4, -0.2) is 15.5 Å². The number of amides is 1. The van der Waals surface area contributed by atoms with Gasteiger partial charge in [-0.3, -0.25) is 10.1 Å². The molecule has 5 rings (SSSR count). The lowest BCUT2D eigenvalue weighted by molar-refractivity contribution is 0.102. The van der Waals surface area contributed by atoms with Crippen molar-refractivity contribution in [2.24, 2.45) is 0 Å². The SMILES string of the molecule is O=C(Nc1nc(Cc2ccccc2)c(-c2ccccc2)n1Cc1ccccc1)c1ccccc1. The summed E-state index contributed by atoms with van der Waals surface area (Å²) >= 11 is 0. The minimum Gasteiger partial charge on any atom is -0.305 e. The third-order valence-electron chi connectivity index (χ3n) is 5.75. The van der Waals surface area contributed by atoms with Crippen LogP contribution in [0.4, 0.5) is 5.95 Å². The lowest BCUT2D eigenvalue weighted by atomic mass is 10.0. The van der Waals surface area contributed by atoms with Gasteiger partial charge in [-0.05, 0) is 23.3 Å². The smallest absolute Gasteiger partial charge is 0.257 e. The molecule has 0 aliphatic rings. The molecule has 5 aromatic rings. The maximum absolute atomic E-state index is 13.1. The molecule has 1 heterocycles. The van der Waals surface area contributed by atoms with Crippen molar-refractivity contribution >= 4 is 11.9 Å². The zero-order valence-electron chi connectivity index (χ0n) is 18.8. The van der Waals surface area contributed by atoms with Gasteiger partial charge in [-0.25, -0.2) is 4.98 Å². The van der Waals surface area contributed by atoms with Gasteiger partial charge in [-0.1, -0.05) is 109 Å². The van der Waals surface area contributed by atoms with E-state index in [1.165, 1.54) is 5.56 Å². The Bertz CT molecular complexity index is 1360. The van der Waals surface area contributed by atoms with Gasteiger partial charge in [0.2, 0.25) is 5.95 Å². The van der Waals surface area contributed by atoms with Crippen LogP contribution in [0.15, 0.2) is 121 Å². The quantitative estimate of drug-likeness (QED) is 0.315. The summed E-state index contributed by atoms with van der Waals surface area (Å²) in [6.45, 7) is 0.595. The van der Waals surface area contributed by atoms with E-state index in [-0.39, 0.29) is 5.91 Å². The van der Waals surface area contributed by atoms with Gasteiger partial charge in [-0.15, -0.1) is 0 Å². The Morgan fingerprint density at radius 2 is 1.21 bits per heavy atom. The van der Waals surface area contributed by atoms with Gasteiger partial charge in [-0.2, -0.15) is 0 Å². The fraction of sp³-hybridized carbons (Fsp3) is 0.0667. The van der Waals surface area contributed by atoms with Crippen LogP contribution in [-0.2, 0) is 13.0 Å². The summed E-state index contributed by atoms with van der Waals surface area (Å²) in [5.74, 6) is 0.369. The topological polar surface area (TPSA) is 46.9 Å². The van der Waals surface area contributed by atoms with Crippen molar-refractivity contribution < 1.29 is 4.79 Å². The van der Waals surface area contributed by atoms with Crippen molar-refractivity contribution in [2.45, 2.75) is 13.0 Å². The van der Waals surface area contributed by atoms with Crippen molar-refractivity contribution in [1.29, 1.82) is 0 Å². The Labute approximate surface area is 199 Å². The highest BCUT2D eigenvalue weighted by atomic mass is 16.1. The number of anilines is 1. The Hall–Kier alpha value is -4.44. The predicted octanol–water partition coefficient (Wildman–Crippen LogP) is 6.44. The van der Waals surface area contributed by atoms with Crippen LogP contribution in [0.5, 0.6) is 0 Å². The van der Waals surface area contributed by atoms with E-state index >= 15 is 0 Å². The number of aromatic nitrogens is 2. The Balaban J connectivity index is 1.63. The van der Waals surface area contributed by atoms with Crippen molar-refractivity contribution in [3.8, 4) is 11.3 Å². The van der Waals surface area contributed by atoms with E-state index in [2.05, 4.69) is 46.3 Å². The average Bonchev–Trinajstić information content (AvgIpc) is 3.22. The zero-order chi connectivity index (χ0) is 23.2. The first kappa shape index (κ1) is 21.4. The molecule has 0 unspecified atom stereocenters. The summed E-state index contributed by atoms with van der Waals surface area (Å²) in [6.07, 6.45) is 0.668. The van der Waals surface area contributed by atoms with Gasteiger partial charge in [0.25, 0.3) is 5.91 Å². The summed E-state index contributed by atoms with van der Waals surface area (Å²) in [5.41, 5.74) is 5.91. The molecule has 0 saturated heterocycles. The number of benzene rings is 4. The van der Waals surface area contributed by atoms with Crippen LogP contribution >= 0.6 is 0 Å². The fourth-order valence-electron chi connectivity index (χ4n) is 4.11. The first-order valence-corrected chi connectivity index (χ1v) is 11.4. The van der Waals surface area contributed by atoms with Gasteiger partial charge in [0.15, 0.2) is 0 Å². The van der Waals surface area contributed by atoms with Gasteiger partial charge in [0, 0.05) is 17.5 Å². The molecule has 34 heavy (non-hydrogen) atoms. The van der Waals surface area contributed by atoms with Crippen molar-refractivity contribution in [1.82, 2.24) is 9.55 Å². The lowest BCUT2D eigenvalue weighted by Gasteiger charge is -2.14. The second kappa shape index (κ2) is 10.0. The number of nitrogens with zero attached hydrogens (tertiary/aromatic N) is 2. The summed E-state index contributed by atoms with van der Waals surface area (Å²) in [7, 11) is 0. The van der Waals surface area contributed by atoms with Crippen LogP contribution in [0, 0.1) is 0 Å². The molecule has 4 aromatic carbocycles. The number of carbonyl (C=O) groups excluding carboxylic acids is 1. The van der Waals surface area contributed by atoms with Crippen molar-refractivity contribution in [2.75, 3.05) is 5.32 Å². The molecule has 0 bridgehead atoms. The molecule has 0 aliphatic heterocycles. The molecular weight excluding hydrogens is 418 g/mol. The number of hydrogen-bond donors (Lipinski definition) is 1. The molecule has 0 aliphatic carbocycles. The van der Waals surface area contributed by atoms with Gasteiger partial charge in [0.1, 0.15) is 0 Å². The molecule has 0 spiro atoms. The maximum Gasteiger partial charge on any atom is 0.257 e. The van der Waals surface area contributed by atoms with Crippen LogP contribution in [0.1, 0.15) is 27.2 Å². The van der Waals surface area contributed by atoms with E-state index in [0.717, 1.165) is 22.5 Å². The highest BCUT2D eigenvalue weighted by molar-refractivity contribution is 6.03. The zero-order valence-corrected chi connectivity index (χ0v) is 18.8. The number of carbonyl (C=O) groups is 1. The minimum atomic E-state index is -0.175. The summed E-state index contributed by atoms with van der Waals surface area (Å²) in [4.78, 5) is 18.0. The molecule has 1 aromatic heterocycles.